The van der Waals surface area contributed by atoms with Gasteiger partial charge in [-0.2, -0.15) is 0 Å². The Morgan fingerprint density at radius 3 is 2.31 bits per heavy atom. The van der Waals surface area contributed by atoms with Crippen LogP contribution in [0.4, 0.5) is 10.5 Å². The molecule has 2 aromatic carbocycles. The lowest BCUT2D eigenvalue weighted by molar-refractivity contribution is 0.151. The Morgan fingerprint density at radius 2 is 1.72 bits per heavy atom. The minimum absolute atomic E-state index is 0.332. The Kier molecular flexibility index (Phi) is 7.20. The quantitative estimate of drug-likeness (QED) is 0.504. The molecule has 32 heavy (non-hydrogen) atoms. The predicted molar refractivity (Wildman–Crippen MR) is 126 cm³/mol. The molecule has 0 saturated heterocycles. The Balaban J connectivity index is 1.79. The minimum Gasteiger partial charge on any atom is -0.457 e. The summed E-state index contributed by atoms with van der Waals surface area (Å²) in [5, 5.41) is 6.85. The lowest BCUT2D eigenvalue weighted by Crippen LogP contribution is -2.22. The van der Waals surface area contributed by atoms with Crippen LogP contribution in [0.2, 0.25) is 0 Å². The zero-order valence-electron chi connectivity index (χ0n) is 19.8. The SMILES string of the molecule is Cc1cc(Oc2c(C)cc(NC(=O)OCCN(C)C)cc2C)cc(-c2c(C)noc2C)c1. The van der Waals surface area contributed by atoms with Gasteiger partial charge in [-0.05, 0) is 95.2 Å². The standard InChI is InChI=1S/C25H31N3O4/c1-15-10-20(23-18(4)27-32-19(23)5)14-22(11-15)31-24-16(2)12-21(13-17(24)3)26-25(29)30-9-8-28(6)7/h10-14H,8-9H2,1-7H3,(H,26,29). The number of aromatic nitrogens is 1. The highest BCUT2D eigenvalue weighted by molar-refractivity contribution is 5.85. The molecule has 7 nitrogen and oxygen atoms in total. The van der Waals surface area contributed by atoms with Gasteiger partial charge in [0.05, 0.1) is 5.69 Å². The summed E-state index contributed by atoms with van der Waals surface area (Å²) in [5.74, 6) is 2.26. The van der Waals surface area contributed by atoms with Gasteiger partial charge in [0.15, 0.2) is 0 Å². The molecule has 0 aliphatic heterocycles. The smallest absolute Gasteiger partial charge is 0.411 e. The summed E-state index contributed by atoms with van der Waals surface area (Å²) in [7, 11) is 3.86. The third kappa shape index (κ3) is 5.68. The van der Waals surface area contributed by atoms with Gasteiger partial charge in [0.1, 0.15) is 23.9 Å². The Morgan fingerprint density at radius 1 is 1.03 bits per heavy atom. The fourth-order valence-corrected chi connectivity index (χ4v) is 3.62. The molecule has 0 aliphatic rings. The maximum absolute atomic E-state index is 12.0. The van der Waals surface area contributed by atoms with Gasteiger partial charge >= 0.3 is 6.09 Å². The van der Waals surface area contributed by atoms with Crippen molar-refractivity contribution in [3.63, 3.8) is 0 Å². The molecule has 0 unspecified atom stereocenters. The van der Waals surface area contributed by atoms with Crippen molar-refractivity contribution in [3.8, 4) is 22.6 Å². The molecule has 170 valence electrons. The number of likely N-dealkylation sites (N-methyl/N-ethyl adjacent to an activating group) is 1. The largest absolute Gasteiger partial charge is 0.457 e. The van der Waals surface area contributed by atoms with E-state index in [1.165, 1.54) is 0 Å². The van der Waals surface area contributed by atoms with E-state index >= 15 is 0 Å². The van der Waals surface area contributed by atoms with E-state index < -0.39 is 6.09 Å². The van der Waals surface area contributed by atoms with E-state index in [1.54, 1.807) is 0 Å². The lowest BCUT2D eigenvalue weighted by atomic mass is 10.0. The van der Waals surface area contributed by atoms with Crippen molar-refractivity contribution in [2.24, 2.45) is 0 Å². The first-order chi connectivity index (χ1) is 15.1. The van der Waals surface area contributed by atoms with Gasteiger partial charge in [-0.15, -0.1) is 0 Å². The highest BCUT2D eigenvalue weighted by Gasteiger charge is 2.15. The number of benzene rings is 2. The normalized spacial score (nSPS) is 11.0. The number of carbonyl (C=O) groups is 1. The third-order valence-electron chi connectivity index (χ3n) is 5.07. The molecule has 0 fully saturated rings. The average molecular weight is 438 g/mol. The van der Waals surface area contributed by atoms with Gasteiger partial charge in [0.25, 0.3) is 0 Å². The Labute approximate surface area is 189 Å². The summed E-state index contributed by atoms with van der Waals surface area (Å²) in [4.78, 5) is 14.0. The fraction of sp³-hybridized carbons (Fsp3) is 0.360. The molecule has 1 heterocycles. The van der Waals surface area contributed by atoms with Crippen LogP contribution in [-0.4, -0.2) is 43.4 Å². The monoisotopic (exact) mass is 437 g/mol. The summed E-state index contributed by atoms with van der Waals surface area (Å²) in [6.07, 6.45) is -0.470. The Hall–Kier alpha value is -3.32. The van der Waals surface area contributed by atoms with E-state index in [0.29, 0.717) is 18.8 Å². The molecule has 7 heteroatoms. The Bertz CT molecular complexity index is 1080. The van der Waals surface area contributed by atoms with E-state index in [2.05, 4.69) is 16.5 Å². The molecule has 0 spiro atoms. The van der Waals surface area contributed by atoms with Crippen LogP contribution in [0.1, 0.15) is 28.1 Å². The summed E-state index contributed by atoms with van der Waals surface area (Å²) in [6.45, 7) is 10.8. The van der Waals surface area contributed by atoms with Crippen LogP contribution in [0.3, 0.4) is 0 Å². The second-order valence-electron chi connectivity index (χ2n) is 8.34. The van der Waals surface area contributed by atoms with Crippen molar-refractivity contribution in [2.45, 2.75) is 34.6 Å². The number of carbonyl (C=O) groups excluding carboxylic acids is 1. The summed E-state index contributed by atoms with van der Waals surface area (Å²) in [5.41, 5.74) is 6.40. The number of hydrogen-bond donors (Lipinski definition) is 1. The minimum atomic E-state index is -0.470. The van der Waals surface area contributed by atoms with E-state index in [4.69, 9.17) is 14.0 Å². The zero-order chi connectivity index (χ0) is 23.4. The first-order valence-corrected chi connectivity index (χ1v) is 10.6. The molecule has 3 aromatic rings. The van der Waals surface area contributed by atoms with Gasteiger partial charge in [-0.3, -0.25) is 5.32 Å². The molecule has 0 bridgehead atoms. The molecule has 1 amide bonds. The van der Waals surface area contributed by atoms with Crippen LogP contribution in [0, 0.1) is 34.6 Å². The number of nitrogens with zero attached hydrogens (tertiary/aromatic N) is 2. The molecule has 0 atom stereocenters. The number of anilines is 1. The number of aryl methyl sites for hydroxylation is 5. The van der Waals surface area contributed by atoms with Gasteiger partial charge in [-0.25, -0.2) is 4.79 Å². The first kappa shape index (κ1) is 23.3. The predicted octanol–water partition coefficient (Wildman–Crippen LogP) is 5.79. The molecule has 1 N–H and O–H groups in total. The fourth-order valence-electron chi connectivity index (χ4n) is 3.62. The molecule has 3 rings (SSSR count). The second-order valence-corrected chi connectivity index (χ2v) is 8.34. The van der Waals surface area contributed by atoms with Gasteiger partial charge in [0, 0.05) is 17.8 Å². The number of hydrogen-bond acceptors (Lipinski definition) is 6. The van der Waals surface area contributed by atoms with Crippen LogP contribution in [0.15, 0.2) is 34.9 Å². The molecule has 1 aromatic heterocycles. The van der Waals surface area contributed by atoms with Crippen LogP contribution in [0.25, 0.3) is 11.1 Å². The topological polar surface area (TPSA) is 76.8 Å². The first-order valence-electron chi connectivity index (χ1n) is 10.6. The second kappa shape index (κ2) is 9.87. The number of amides is 1. The number of ether oxygens (including phenoxy) is 2. The van der Waals surface area contributed by atoms with Gasteiger partial charge < -0.3 is 18.9 Å². The highest BCUT2D eigenvalue weighted by Crippen LogP contribution is 2.35. The molecular formula is C25H31N3O4. The van der Waals surface area contributed by atoms with Crippen LogP contribution in [0.5, 0.6) is 11.5 Å². The van der Waals surface area contributed by atoms with E-state index in [9.17, 15) is 4.79 Å². The van der Waals surface area contributed by atoms with Crippen molar-refractivity contribution >= 4 is 11.8 Å². The van der Waals surface area contributed by atoms with E-state index in [-0.39, 0.29) is 0 Å². The van der Waals surface area contributed by atoms with Gasteiger partial charge in [-0.1, -0.05) is 11.2 Å². The lowest BCUT2D eigenvalue weighted by Gasteiger charge is -2.16. The summed E-state index contributed by atoms with van der Waals surface area (Å²) < 4.78 is 16.8. The highest BCUT2D eigenvalue weighted by atomic mass is 16.5. The third-order valence-corrected chi connectivity index (χ3v) is 5.07. The molecule has 0 aliphatic carbocycles. The molecular weight excluding hydrogens is 406 g/mol. The number of nitrogens with one attached hydrogen (secondary N) is 1. The maximum Gasteiger partial charge on any atom is 0.411 e. The maximum atomic E-state index is 12.0. The van der Waals surface area contributed by atoms with E-state index in [0.717, 1.165) is 50.8 Å². The number of rotatable bonds is 7. The van der Waals surface area contributed by atoms with Crippen molar-refractivity contribution in [1.29, 1.82) is 0 Å². The van der Waals surface area contributed by atoms with Crippen LogP contribution < -0.4 is 10.1 Å². The zero-order valence-corrected chi connectivity index (χ0v) is 19.8. The van der Waals surface area contributed by atoms with Crippen LogP contribution in [-0.2, 0) is 4.74 Å². The molecule has 0 radical (unpaired) electrons. The van der Waals surface area contributed by atoms with Crippen molar-refractivity contribution in [3.05, 3.63) is 58.5 Å². The van der Waals surface area contributed by atoms with E-state index in [1.807, 2.05) is 77.9 Å². The summed E-state index contributed by atoms with van der Waals surface area (Å²) >= 11 is 0. The average Bonchev–Trinajstić information content (AvgIpc) is 3.02. The van der Waals surface area contributed by atoms with Crippen molar-refractivity contribution in [2.75, 3.05) is 32.6 Å². The van der Waals surface area contributed by atoms with Crippen LogP contribution >= 0.6 is 0 Å². The molecule has 0 saturated carbocycles. The summed E-state index contributed by atoms with van der Waals surface area (Å²) in [6, 6.07) is 9.83. The van der Waals surface area contributed by atoms with Crippen molar-refractivity contribution in [1.82, 2.24) is 10.1 Å². The van der Waals surface area contributed by atoms with Crippen molar-refractivity contribution < 1.29 is 18.8 Å². The van der Waals surface area contributed by atoms with Gasteiger partial charge in [0.2, 0.25) is 0 Å².